The van der Waals surface area contributed by atoms with Crippen LogP contribution in [0.4, 0.5) is 0 Å². The van der Waals surface area contributed by atoms with Gasteiger partial charge in [0.25, 0.3) is 0 Å². The molecule has 4 rings (SSSR count). The predicted octanol–water partition coefficient (Wildman–Crippen LogP) is 4.29. The number of benzene rings is 2. The molecule has 0 saturated heterocycles. The van der Waals surface area contributed by atoms with Crippen molar-refractivity contribution in [2.24, 2.45) is 0 Å². The first kappa shape index (κ1) is 16.8. The molecule has 0 radical (unpaired) electrons. The van der Waals surface area contributed by atoms with Gasteiger partial charge in [0.15, 0.2) is 0 Å². The predicted molar refractivity (Wildman–Crippen MR) is 105 cm³/mol. The van der Waals surface area contributed by atoms with Crippen LogP contribution in [0.1, 0.15) is 11.3 Å². The zero-order valence-corrected chi connectivity index (χ0v) is 14.9. The van der Waals surface area contributed by atoms with Crippen LogP contribution >= 0.6 is 0 Å². The lowest BCUT2D eigenvalue weighted by molar-refractivity contribution is -0.125. The Morgan fingerprint density at radius 2 is 1.93 bits per heavy atom. The molecule has 0 spiro atoms. The minimum atomic E-state index is -0.0945. The molecule has 5 nitrogen and oxygen atoms in total. The van der Waals surface area contributed by atoms with E-state index in [1.54, 1.807) is 28.9 Å². The highest BCUT2D eigenvalue weighted by Gasteiger charge is 2.09. The summed E-state index contributed by atoms with van der Waals surface area (Å²) in [5.74, 6) is 0.567. The average molecular weight is 357 g/mol. The highest BCUT2D eigenvalue weighted by atomic mass is 16.3. The van der Waals surface area contributed by atoms with Crippen molar-refractivity contribution in [1.29, 1.82) is 0 Å². The first-order valence-electron chi connectivity index (χ1n) is 8.70. The van der Waals surface area contributed by atoms with Crippen molar-refractivity contribution in [2.75, 3.05) is 7.05 Å². The SMILES string of the molecule is CN(Cc1cnn(-c2ccccc2)c1)C(=O)/C=C/c1cc2ccccc2o1. The first-order chi connectivity index (χ1) is 13.2. The molecule has 1 amide bonds. The molecule has 2 heterocycles. The third-order valence-electron chi connectivity index (χ3n) is 4.29. The number of likely N-dealkylation sites (N-methyl/N-ethyl adjacent to an activating group) is 1. The van der Waals surface area contributed by atoms with Gasteiger partial charge in [0.2, 0.25) is 5.91 Å². The van der Waals surface area contributed by atoms with Crippen LogP contribution in [0.3, 0.4) is 0 Å². The molecule has 0 aliphatic rings. The number of rotatable bonds is 5. The van der Waals surface area contributed by atoms with Gasteiger partial charge in [0, 0.05) is 36.8 Å². The molecule has 2 aromatic heterocycles. The summed E-state index contributed by atoms with van der Waals surface area (Å²) < 4.78 is 7.50. The number of fused-ring (bicyclic) bond motifs is 1. The number of furan rings is 1. The molecule has 134 valence electrons. The number of carbonyl (C=O) groups is 1. The number of para-hydroxylation sites is 2. The monoisotopic (exact) mass is 357 g/mol. The van der Waals surface area contributed by atoms with Crippen molar-refractivity contribution >= 4 is 23.0 Å². The Morgan fingerprint density at radius 3 is 2.74 bits per heavy atom. The second-order valence-electron chi connectivity index (χ2n) is 6.34. The Kier molecular flexibility index (Phi) is 4.58. The van der Waals surface area contributed by atoms with Gasteiger partial charge < -0.3 is 9.32 Å². The average Bonchev–Trinajstić information content (AvgIpc) is 3.33. The van der Waals surface area contributed by atoms with E-state index in [0.29, 0.717) is 12.3 Å². The smallest absolute Gasteiger partial charge is 0.246 e. The van der Waals surface area contributed by atoms with Gasteiger partial charge in [-0.25, -0.2) is 4.68 Å². The molecule has 4 aromatic rings. The van der Waals surface area contributed by atoms with Crippen LogP contribution < -0.4 is 0 Å². The Labute approximate surface area is 157 Å². The molecule has 0 N–H and O–H groups in total. The summed E-state index contributed by atoms with van der Waals surface area (Å²) in [4.78, 5) is 14.0. The highest BCUT2D eigenvalue weighted by Crippen LogP contribution is 2.19. The van der Waals surface area contributed by atoms with Crippen LogP contribution in [-0.2, 0) is 11.3 Å². The van der Waals surface area contributed by atoms with Gasteiger partial charge in [-0.3, -0.25) is 4.79 Å². The lowest BCUT2D eigenvalue weighted by Crippen LogP contribution is -2.23. The van der Waals surface area contributed by atoms with Crippen molar-refractivity contribution in [1.82, 2.24) is 14.7 Å². The molecule has 0 bridgehead atoms. The number of nitrogens with zero attached hydrogens (tertiary/aromatic N) is 3. The maximum atomic E-state index is 12.4. The second-order valence-corrected chi connectivity index (χ2v) is 6.34. The van der Waals surface area contributed by atoms with Crippen LogP contribution in [0.2, 0.25) is 0 Å². The number of amides is 1. The van der Waals surface area contributed by atoms with Gasteiger partial charge in [0.05, 0.1) is 11.9 Å². The minimum Gasteiger partial charge on any atom is -0.457 e. The highest BCUT2D eigenvalue weighted by molar-refractivity contribution is 5.92. The number of carbonyl (C=O) groups excluding carboxylic acids is 1. The Balaban J connectivity index is 1.41. The summed E-state index contributed by atoms with van der Waals surface area (Å²) in [6.07, 6.45) is 6.94. The summed E-state index contributed by atoms with van der Waals surface area (Å²) in [5, 5.41) is 5.38. The maximum absolute atomic E-state index is 12.4. The van der Waals surface area contributed by atoms with Gasteiger partial charge in [-0.1, -0.05) is 36.4 Å². The molecule has 0 atom stereocenters. The number of hydrogen-bond acceptors (Lipinski definition) is 3. The van der Waals surface area contributed by atoms with Gasteiger partial charge in [-0.2, -0.15) is 5.10 Å². The lowest BCUT2D eigenvalue weighted by atomic mass is 10.2. The lowest BCUT2D eigenvalue weighted by Gasteiger charge is -2.13. The van der Waals surface area contributed by atoms with Crippen molar-refractivity contribution in [2.45, 2.75) is 6.54 Å². The van der Waals surface area contributed by atoms with Crippen LogP contribution in [-0.4, -0.2) is 27.6 Å². The van der Waals surface area contributed by atoms with Crippen LogP contribution in [0.15, 0.2) is 83.6 Å². The standard InChI is InChI=1S/C22H19N3O2/c1-24(15-17-14-23-25(16-17)19-8-3-2-4-9-19)22(26)12-11-20-13-18-7-5-6-10-21(18)27-20/h2-14,16H,15H2,1H3/b12-11+. The van der Waals surface area contributed by atoms with Crippen molar-refractivity contribution < 1.29 is 9.21 Å². The van der Waals surface area contributed by atoms with E-state index >= 15 is 0 Å². The van der Waals surface area contributed by atoms with Crippen LogP contribution in [0.5, 0.6) is 0 Å². The fourth-order valence-corrected chi connectivity index (χ4v) is 2.88. The van der Waals surface area contributed by atoms with E-state index in [9.17, 15) is 4.79 Å². The normalized spacial score (nSPS) is 11.3. The van der Waals surface area contributed by atoms with E-state index in [-0.39, 0.29) is 5.91 Å². The Bertz CT molecular complexity index is 1060. The molecule has 0 fully saturated rings. The van der Waals surface area contributed by atoms with Crippen LogP contribution in [0, 0.1) is 0 Å². The van der Waals surface area contributed by atoms with Crippen molar-refractivity contribution in [3.05, 3.63) is 90.5 Å². The third-order valence-corrected chi connectivity index (χ3v) is 4.29. The molecule has 5 heteroatoms. The van der Waals surface area contributed by atoms with E-state index in [0.717, 1.165) is 22.2 Å². The molecule has 27 heavy (non-hydrogen) atoms. The topological polar surface area (TPSA) is 51.3 Å². The fraction of sp³-hybridized carbons (Fsp3) is 0.0909. The van der Waals surface area contributed by atoms with Gasteiger partial charge in [-0.05, 0) is 30.3 Å². The Hall–Kier alpha value is -3.60. The molecule has 0 unspecified atom stereocenters. The minimum absolute atomic E-state index is 0.0945. The van der Waals surface area contributed by atoms with E-state index in [2.05, 4.69) is 5.10 Å². The summed E-state index contributed by atoms with van der Waals surface area (Å²) in [5.41, 5.74) is 2.76. The van der Waals surface area contributed by atoms with E-state index in [1.807, 2.05) is 66.9 Å². The van der Waals surface area contributed by atoms with E-state index < -0.39 is 0 Å². The molecule has 0 aliphatic carbocycles. The zero-order valence-electron chi connectivity index (χ0n) is 14.9. The number of hydrogen-bond donors (Lipinski definition) is 0. The van der Waals surface area contributed by atoms with Gasteiger partial charge in [-0.15, -0.1) is 0 Å². The molecule has 0 saturated carbocycles. The Morgan fingerprint density at radius 1 is 1.15 bits per heavy atom. The van der Waals surface area contributed by atoms with Crippen LogP contribution in [0.25, 0.3) is 22.7 Å². The molecule has 0 aliphatic heterocycles. The van der Waals surface area contributed by atoms with E-state index in [4.69, 9.17) is 4.42 Å². The fourth-order valence-electron chi connectivity index (χ4n) is 2.88. The first-order valence-corrected chi connectivity index (χ1v) is 8.70. The van der Waals surface area contributed by atoms with Gasteiger partial charge in [0.1, 0.15) is 11.3 Å². The van der Waals surface area contributed by atoms with Crippen molar-refractivity contribution in [3.63, 3.8) is 0 Å². The summed E-state index contributed by atoms with van der Waals surface area (Å²) in [6.45, 7) is 0.482. The van der Waals surface area contributed by atoms with Crippen molar-refractivity contribution in [3.8, 4) is 5.69 Å². The van der Waals surface area contributed by atoms with Gasteiger partial charge >= 0.3 is 0 Å². The zero-order chi connectivity index (χ0) is 18.6. The second kappa shape index (κ2) is 7.33. The third kappa shape index (κ3) is 3.82. The largest absolute Gasteiger partial charge is 0.457 e. The summed E-state index contributed by atoms with van der Waals surface area (Å²) >= 11 is 0. The molecular formula is C22H19N3O2. The molecular weight excluding hydrogens is 338 g/mol. The summed E-state index contributed by atoms with van der Waals surface area (Å²) in [7, 11) is 1.77. The summed E-state index contributed by atoms with van der Waals surface area (Å²) in [6, 6.07) is 19.6. The quantitative estimate of drug-likeness (QED) is 0.501. The molecule has 2 aromatic carbocycles. The van der Waals surface area contributed by atoms with E-state index in [1.165, 1.54) is 6.08 Å². The number of aromatic nitrogens is 2. The maximum Gasteiger partial charge on any atom is 0.246 e.